The summed E-state index contributed by atoms with van der Waals surface area (Å²) in [7, 11) is 0. The van der Waals surface area contributed by atoms with Crippen molar-refractivity contribution in [3.05, 3.63) is 71.0 Å². The van der Waals surface area contributed by atoms with Crippen molar-refractivity contribution in [2.24, 2.45) is 11.8 Å². The molecule has 0 spiro atoms. The number of carbonyl (C=O) groups is 1. The summed E-state index contributed by atoms with van der Waals surface area (Å²) in [4.78, 5) is 13.3. The van der Waals surface area contributed by atoms with E-state index < -0.39 is 0 Å². The molecule has 0 heterocycles. The highest BCUT2D eigenvalue weighted by Gasteiger charge is 2.29. The number of benzene rings is 1. The van der Waals surface area contributed by atoms with Crippen LogP contribution < -0.4 is 5.32 Å². The second-order valence-electron chi connectivity index (χ2n) is 8.64. The molecule has 1 aromatic carbocycles. The van der Waals surface area contributed by atoms with Crippen LogP contribution in [0.25, 0.3) is 0 Å². The molecule has 3 aliphatic carbocycles. The maximum absolute atomic E-state index is 13.3. The lowest BCUT2D eigenvalue weighted by Gasteiger charge is -2.28. The van der Waals surface area contributed by atoms with Crippen LogP contribution in [0.2, 0.25) is 0 Å². The minimum atomic E-state index is 0.233. The molecule has 3 aliphatic rings. The summed E-state index contributed by atoms with van der Waals surface area (Å²) in [6.07, 6.45) is 18.6. The van der Waals surface area contributed by atoms with Gasteiger partial charge in [0.2, 0.25) is 0 Å². The third kappa shape index (κ3) is 4.48. The number of carbonyl (C=O) groups excluding carboxylic acids is 1. The van der Waals surface area contributed by atoms with E-state index in [1.807, 2.05) is 0 Å². The van der Waals surface area contributed by atoms with E-state index in [0.717, 1.165) is 25.0 Å². The molecule has 0 amide bonds. The van der Waals surface area contributed by atoms with E-state index in [9.17, 15) is 4.79 Å². The van der Waals surface area contributed by atoms with Crippen molar-refractivity contribution < 1.29 is 4.79 Å². The Labute approximate surface area is 169 Å². The number of Topliss-reactive ketones (excluding diaryl/α,β-unsaturated/α-hetero) is 1. The van der Waals surface area contributed by atoms with Gasteiger partial charge in [-0.1, -0.05) is 87.1 Å². The molecule has 0 bridgehead atoms. The Bertz CT molecular complexity index is 759. The number of nitrogens with one attached hydrogen (secondary N) is 1. The molecule has 2 heteroatoms. The van der Waals surface area contributed by atoms with Gasteiger partial charge in [0.1, 0.15) is 0 Å². The number of ketones is 1. The number of rotatable bonds is 6. The largest absolute Gasteiger partial charge is 0.384 e. The minimum Gasteiger partial charge on any atom is -0.384 e. The summed E-state index contributed by atoms with van der Waals surface area (Å²) in [5.41, 5.74) is 4.75. The lowest BCUT2D eigenvalue weighted by molar-refractivity contribution is -0.119. The molecule has 0 aliphatic heterocycles. The van der Waals surface area contributed by atoms with Gasteiger partial charge < -0.3 is 5.32 Å². The molecule has 2 saturated carbocycles. The zero-order valence-corrected chi connectivity index (χ0v) is 17.0. The summed E-state index contributed by atoms with van der Waals surface area (Å²) in [5.74, 6) is 1.17. The van der Waals surface area contributed by atoms with Crippen LogP contribution in [0.5, 0.6) is 0 Å². The Morgan fingerprint density at radius 1 is 0.857 bits per heavy atom. The first-order chi connectivity index (χ1) is 13.8. The number of hydrogen-bond donors (Lipinski definition) is 1. The first-order valence-electron chi connectivity index (χ1n) is 11.3. The molecule has 1 N–H and O–H groups in total. The molecular weight excluding hydrogens is 342 g/mol. The Balaban J connectivity index is 1.58. The fraction of sp³-hybridized carbons (Fsp3) is 0.500. The van der Waals surface area contributed by atoms with E-state index in [1.54, 1.807) is 0 Å². The molecule has 2 nitrogen and oxygen atoms in total. The van der Waals surface area contributed by atoms with E-state index in [2.05, 4.69) is 53.9 Å². The van der Waals surface area contributed by atoms with Crippen molar-refractivity contribution in [1.29, 1.82) is 0 Å². The molecule has 0 radical (unpaired) electrons. The van der Waals surface area contributed by atoms with Crippen LogP contribution in [-0.4, -0.2) is 5.78 Å². The number of hydrogen-bond acceptors (Lipinski definition) is 2. The average molecular weight is 376 g/mol. The lowest BCUT2D eigenvalue weighted by Crippen LogP contribution is -2.26. The predicted octanol–water partition coefficient (Wildman–Crippen LogP) is 6.26. The van der Waals surface area contributed by atoms with Gasteiger partial charge in [-0.25, -0.2) is 0 Å². The first-order valence-corrected chi connectivity index (χ1v) is 11.3. The molecule has 28 heavy (non-hydrogen) atoms. The van der Waals surface area contributed by atoms with Gasteiger partial charge in [0, 0.05) is 29.3 Å². The third-order valence-electron chi connectivity index (χ3n) is 6.69. The average Bonchev–Trinajstić information content (AvgIpc) is 3.25. The van der Waals surface area contributed by atoms with Gasteiger partial charge in [-0.3, -0.25) is 4.79 Å². The van der Waals surface area contributed by atoms with E-state index in [1.165, 1.54) is 68.2 Å². The van der Waals surface area contributed by atoms with Crippen molar-refractivity contribution >= 4 is 5.78 Å². The van der Waals surface area contributed by atoms with Crippen molar-refractivity contribution in [3.63, 3.8) is 0 Å². The Hall–Kier alpha value is -2.09. The standard InChI is InChI=1S/C26H33NO/c28-26(22-15-8-3-9-16-22)24-18-10-17-23(24)25(21-13-6-2-7-14-21)27-19-20-11-4-1-5-12-20/h1,4-5,10-12,17-18,21-22,27H,2-3,6-9,13-16,19H2/b25-23-. The van der Waals surface area contributed by atoms with Gasteiger partial charge in [0.05, 0.1) is 0 Å². The van der Waals surface area contributed by atoms with Crippen LogP contribution in [0.15, 0.2) is 65.4 Å². The van der Waals surface area contributed by atoms with E-state index in [-0.39, 0.29) is 5.92 Å². The smallest absolute Gasteiger partial charge is 0.166 e. The van der Waals surface area contributed by atoms with Gasteiger partial charge in [-0.05, 0) is 37.2 Å². The summed E-state index contributed by atoms with van der Waals surface area (Å²) < 4.78 is 0. The zero-order chi connectivity index (χ0) is 19.2. The van der Waals surface area contributed by atoms with Gasteiger partial charge >= 0.3 is 0 Å². The fourth-order valence-corrected chi connectivity index (χ4v) is 5.10. The Morgan fingerprint density at radius 3 is 2.18 bits per heavy atom. The predicted molar refractivity (Wildman–Crippen MR) is 116 cm³/mol. The van der Waals surface area contributed by atoms with Gasteiger partial charge in [0.15, 0.2) is 5.78 Å². The highest BCUT2D eigenvalue weighted by Crippen LogP contribution is 2.36. The lowest BCUT2D eigenvalue weighted by atomic mass is 9.80. The Kier molecular flexibility index (Phi) is 6.46. The summed E-state index contributed by atoms with van der Waals surface area (Å²) in [6, 6.07) is 10.6. The minimum absolute atomic E-state index is 0.233. The molecule has 148 valence electrons. The molecule has 0 atom stereocenters. The molecule has 1 aromatic rings. The van der Waals surface area contributed by atoms with E-state index in [0.29, 0.717) is 11.7 Å². The quantitative estimate of drug-likeness (QED) is 0.636. The summed E-state index contributed by atoms with van der Waals surface area (Å²) in [5, 5.41) is 3.77. The van der Waals surface area contributed by atoms with Crippen molar-refractivity contribution in [2.45, 2.75) is 70.8 Å². The van der Waals surface area contributed by atoms with Crippen LogP contribution in [-0.2, 0) is 11.3 Å². The van der Waals surface area contributed by atoms with Crippen LogP contribution in [0, 0.1) is 11.8 Å². The molecule has 0 aromatic heterocycles. The highest BCUT2D eigenvalue weighted by molar-refractivity contribution is 6.03. The third-order valence-corrected chi connectivity index (χ3v) is 6.69. The topological polar surface area (TPSA) is 29.1 Å². The number of allylic oxidation sites excluding steroid dienone is 6. The van der Waals surface area contributed by atoms with Crippen LogP contribution in [0.1, 0.15) is 69.8 Å². The second kappa shape index (κ2) is 9.41. The van der Waals surface area contributed by atoms with Crippen molar-refractivity contribution in [2.75, 3.05) is 0 Å². The van der Waals surface area contributed by atoms with Crippen LogP contribution in [0.3, 0.4) is 0 Å². The van der Waals surface area contributed by atoms with Crippen molar-refractivity contribution in [3.8, 4) is 0 Å². The highest BCUT2D eigenvalue weighted by atomic mass is 16.1. The SMILES string of the molecule is O=C(C1=CC=C/C1=C(/NCc1ccccc1)C1CCCCC1)C1CCCCC1. The van der Waals surface area contributed by atoms with Gasteiger partial charge in [-0.15, -0.1) is 0 Å². The summed E-state index contributed by atoms with van der Waals surface area (Å²) in [6.45, 7) is 0.828. The summed E-state index contributed by atoms with van der Waals surface area (Å²) >= 11 is 0. The zero-order valence-electron chi connectivity index (χ0n) is 17.0. The van der Waals surface area contributed by atoms with Crippen LogP contribution in [0.4, 0.5) is 0 Å². The molecular formula is C26H33NO. The van der Waals surface area contributed by atoms with Crippen LogP contribution >= 0.6 is 0 Å². The fourth-order valence-electron chi connectivity index (χ4n) is 5.10. The maximum Gasteiger partial charge on any atom is 0.166 e. The first kappa shape index (κ1) is 19.2. The monoisotopic (exact) mass is 375 g/mol. The Morgan fingerprint density at radius 2 is 1.50 bits per heavy atom. The van der Waals surface area contributed by atoms with Crippen molar-refractivity contribution in [1.82, 2.24) is 5.32 Å². The van der Waals surface area contributed by atoms with E-state index >= 15 is 0 Å². The van der Waals surface area contributed by atoms with Gasteiger partial charge in [-0.2, -0.15) is 0 Å². The molecule has 4 rings (SSSR count). The van der Waals surface area contributed by atoms with Gasteiger partial charge in [0.25, 0.3) is 0 Å². The van der Waals surface area contributed by atoms with E-state index in [4.69, 9.17) is 0 Å². The molecule has 0 saturated heterocycles. The maximum atomic E-state index is 13.3. The molecule has 2 fully saturated rings. The normalized spacial score (nSPS) is 22.8. The molecule has 0 unspecified atom stereocenters. The second-order valence-corrected chi connectivity index (χ2v) is 8.64.